The van der Waals surface area contributed by atoms with E-state index >= 15 is 0 Å². The normalized spacial score (nSPS) is 12.6. The lowest BCUT2D eigenvalue weighted by Crippen LogP contribution is -2.04. The monoisotopic (exact) mass is 304 g/mol. The van der Waals surface area contributed by atoms with Crippen molar-refractivity contribution in [2.75, 3.05) is 0 Å². The summed E-state index contributed by atoms with van der Waals surface area (Å²) < 4.78 is 0. The van der Waals surface area contributed by atoms with Gasteiger partial charge in [-0.3, -0.25) is 4.98 Å². The van der Waals surface area contributed by atoms with Crippen molar-refractivity contribution < 1.29 is 5.11 Å². The van der Waals surface area contributed by atoms with Gasteiger partial charge in [0.2, 0.25) is 0 Å². The number of rotatable bonds is 2. The molecular weight excluding hydrogens is 295 g/mol. The van der Waals surface area contributed by atoms with Gasteiger partial charge in [-0.2, -0.15) is 0 Å². The number of hydrogen-bond acceptors (Lipinski definition) is 3. The predicted molar refractivity (Wildman–Crippen MR) is 80.1 cm³/mol. The highest BCUT2D eigenvalue weighted by Crippen LogP contribution is 2.30. The molecule has 5 heteroatoms. The third-order valence-corrected chi connectivity index (χ3v) is 3.58. The van der Waals surface area contributed by atoms with Gasteiger partial charge in [-0.1, -0.05) is 35.3 Å². The van der Waals surface area contributed by atoms with Crippen LogP contribution >= 0.6 is 23.2 Å². The summed E-state index contributed by atoms with van der Waals surface area (Å²) in [6.07, 6.45) is 0.586. The van der Waals surface area contributed by atoms with E-state index in [0.29, 0.717) is 21.3 Å². The summed E-state index contributed by atoms with van der Waals surface area (Å²) in [6, 6.07) is 12.4. The van der Waals surface area contributed by atoms with Gasteiger partial charge in [0, 0.05) is 15.6 Å². The minimum absolute atomic E-state index is 0.438. The maximum atomic E-state index is 10.4. The van der Waals surface area contributed by atoms with E-state index in [9.17, 15) is 5.11 Å². The molecule has 0 saturated heterocycles. The zero-order valence-corrected chi connectivity index (χ0v) is 11.8. The molecule has 1 aromatic heterocycles. The fourth-order valence-corrected chi connectivity index (χ4v) is 2.39. The van der Waals surface area contributed by atoms with E-state index in [0.717, 1.165) is 11.0 Å². The molecule has 3 aromatic rings. The molecule has 3 rings (SSSR count). The Kier molecular flexibility index (Phi) is 3.57. The molecule has 2 aromatic carbocycles. The topological polar surface area (TPSA) is 46.0 Å². The maximum absolute atomic E-state index is 10.4. The SMILES string of the molecule is OC(c1cnc2ccccc2n1)c1cc(Cl)ccc1Cl. The number of para-hydroxylation sites is 2. The summed E-state index contributed by atoms with van der Waals surface area (Å²) in [7, 11) is 0. The average molecular weight is 305 g/mol. The number of benzene rings is 2. The quantitative estimate of drug-likeness (QED) is 0.778. The first-order valence-electron chi connectivity index (χ1n) is 6.00. The lowest BCUT2D eigenvalue weighted by molar-refractivity contribution is 0.215. The zero-order chi connectivity index (χ0) is 14.1. The van der Waals surface area contributed by atoms with E-state index in [1.54, 1.807) is 24.4 Å². The van der Waals surface area contributed by atoms with Crippen molar-refractivity contribution in [2.45, 2.75) is 6.10 Å². The molecule has 0 aliphatic heterocycles. The van der Waals surface area contributed by atoms with Gasteiger partial charge >= 0.3 is 0 Å². The highest BCUT2D eigenvalue weighted by Gasteiger charge is 2.16. The van der Waals surface area contributed by atoms with Crippen molar-refractivity contribution in [3.8, 4) is 0 Å². The Labute approximate surface area is 125 Å². The average Bonchev–Trinajstić information content (AvgIpc) is 2.48. The molecule has 0 spiro atoms. The van der Waals surface area contributed by atoms with E-state index in [-0.39, 0.29) is 0 Å². The fraction of sp³-hybridized carbons (Fsp3) is 0.0667. The second-order valence-corrected chi connectivity index (χ2v) is 5.20. The van der Waals surface area contributed by atoms with Crippen LogP contribution in [0.25, 0.3) is 11.0 Å². The molecular formula is C15H10Cl2N2O. The third kappa shape index (κ3) is 2.48. The smallest absolute Gasteiger partial charge is 0.124 e. The molecule has 0 radical (unpaired) electrons. The van der Waals surface area contributed by atoms with Gasteiger partial charge in [0.25, 0.3) is 0 Å². The van der Waals surface area contributed by atoms with Gasteiger partial charge in [0.15, 0.2) is 0 Å². The van der Waals surface area contributed by atoms with Crippen LogP contribution in [0.15, 0.2) is 48.7 Å². The second-order valence-electron chi connectivity index (χ2n) is 4.35. The molecule has 0 bridgehead atoms. The Morgan fingerprint density at radius 2 is 1.75 bits per heavy atom. The standard InChI is InChI=1S/C15H10Cl2N2O/c16-9-5-6-11(17)10(7-9)15(20)14-8-18-12-3-1-2-4-13(12)19-14/h1-8,15,20H. The van der Waals surface area contributed by atoms with Crippen molar-refractivity contribution in [1.82, 2.24) is 9.97 Å². The van der Waals surface area contributed by atoms with E-state index in [4.69, 9.17) is 23.2 Å². The maximum Gasteiger partial charge on any atom is 0.124 e. The van der Waals surface area contributed by atoms with Gasteiger partial charge in [-0.25, -0.2) is 4.98 Å². The number of nitrogens with zero attached hydrogens (tertiary/aromatic N) is 2. The van der Waals surface area contributed by atoms with Gasteiger partial charge in [-0.15, -0.1) is 0 Å². The van der Waals surface area contributed by atoms with E-state index < -0.39 is 6.10 Å². The van der Waals surface area contributed by atoms with Crippen LogP contribution in [0.3, 0.4) is 0 Å². The first kappa shape index (κ1) is 13.3. The molecule has 0 saturated carbocycles. The highest BCUT2D eigenvalue weighted by atomic mass is 35.5. The summed E-state index contributed by atoms with van der Waals surface area (Å²) in [5.74, 6) is 0. The Morgan fingerprint density at radius 3 is 2.55 bits per heavy atom. The Hall–Kier alpha value is -1.68. The molecule has 3 nitrogen and oxygen atoms in total. The summed E-state index contributed by atoms with van der Waals surface area (Å²) in [4.78, 5) is 8.69. The van der Waals surface area contributed by atoms with Crippen molar-refractivity contribution in [1.29, 1.82) is 0 Å². The van der Waals surface area contributed by atoms with Crippen molar-refractivity contribution in [2.24, 2.45) is 0 Å². The molecule has 0 aliphatic rings. The minimum Gasteiger partial charge on any atom is -0.382 e. The first-order valence-corrected chi connectivity index (χ1v) is 6.75. The molecule has 0 fully saturated rings. The molecule has 1 heterocycles. The molecule has 1 atom stereocenters. The number of halogens is 2. The van der Waals surface area contributed by atoms with Crippen LogP contribution in [0, 0.1) is 0 Å². The summed E-state index contributed by atoms with van der Waals surface area (Å²) in [6.45, 7) is 0. The zero-order valence-electron chi connectivity index (χ0n) is 10.3. The fourth-order valence-electron chi connectivity index (χ4n) is 1.99. The van der Waals surface area contributed by atoms with Crippen LogP contribution in [-0.2, 0) is 0 Å². The Balaban J connectivity index is 2.07. The molecule has 0 aliphatic carbocycles. The number of aliphatic hydroxyl groups is 1. The van der Waals surface area contributed by atoms with E-state index in [1.165, 1.54) is 0 Å². The molecule has 100 valence electrons. The van der Waals surface area contributed by atoms with Gasteiger partial charge in [-0.05, 0) is 30.3 Å². The number of aliphatic hydroxyl groups excluding tert-OH is 1. The molecule has 20 heavy (non-hydrogen) atoms. The van der Waals surface area contributed by atoms with Crippen molar-refractivity contribution >= 4 is 34.2 Å². The van der Waals surface area contributed by atoms with Crippen LogP contribution in [0.4, 0.5) is 0 Å². The number of fused-ring (bicyclic) bond motifs is 1. The largest absolute Gasteiger partial charge is 0.382 e. The van der Waals surface area contributed by atoms with Crippen molar-refractivity contribution in [3.05, 3.63) is 70.0 Å². The lowest BCUT2D eigenvalue weighted by Gasteiger charge is -2.12. The predicted octanol–water partition coefficient (Wildman–Crippen LogP) is 4.02. The van der Waals surface area contributed by atoms with Crippen LogP contribution in [0.5, 0.6) is 0 Å². The van der Waals surface area contributed by atoms with Crippen molar-refractivity contribution in [3.63, 3.8) is 0 Å². The van der Waals surface area contributed by atoms with Gasteiger partial charge in [0.05, 0.1) is 22.9 Å². The third-order valence-electron chi connectivity index (χ3n) is 3.00. The number of hydrogen-bond donors (Lipinski definition) is 1. The summed E-state index contributed by atoms with van der Waals surface area (Å²) in [5, 5.41) is 11.4. The lowest BCUT2D eigenvalue weighted by atomic mass is 10.1. The number of aromatic nitrogens is 2. The van der Waals surface area contributed by atoms with Crippen LogP contribution in [0.1, 0.15) is 17.4 Å². The van der Waals surface area contributed by atoms with Gasteiger partial charge < -0.3 is 5.11 Å². The molecule has 0 amide bonds. The summed E-state index contributed by atoms with van der Waals surface area (Å²) in [5.41, 5.74) is 2.46. The molecule has 1 N–H and O–H groups in total. The minimum atomic E-state index is -0.960. The van der Waals surface area contributed by atoms with Crippen LogP contribution < -0.4 is 0 Å². The van der Waals surface area contributed by atoms with Crippen LogP contribution in [0.2, 0.25) is 10.0 Å². The first-order chi connectivity index (χ1) is 9.65. The van der Waals surface area contributed by atoms with Gasteiger partial charge in [0.1, 0.15) is 6.10 Å². The van der Waals surface area contributed by atoms with E-state index in [1.807, 2.05) is 24.3 Å². The molecule has 1 unspecified atom stereocenters. The van der Waals surface area contributed by atoms with E-state index in [2.05, 4.69) is 9.97 Å². The Morgan fingerprint density at radius 1 is 1.00 bits per heavy atom. The highest BCUT2D eigenvalue weighted by molar-refractivity contribution is 6.33. The second kappa shape index (κ2) is 5.37. The van der Waals surface area contributed by atoms with Crippen LogP contribution in [-0.4, -0.2) is 15.1 Å². The summed E-state index contributed by atoms with van der Waals surface area (Å²) >= 11 is 12.0. The Bertz CT molecular complexity index is 777.